The summed E-state index contributed by atoms with van der Waals surface area (Å²) >= 11 is 0. The predicted octanol–water partition coefficient (Wildman–Crippen LogP) is 2.22. The van der Waals surface area contributed by atoms with Crippen molar-refractivity contribution in [1.29, 1.82) is 0 Å². The van der Waals surface area contributed by atoms with Crippen LogP contribution < -0.4 is 19.5 Å². The molecule has 0 fully saturated rings. The molecule has 0 unspecified atom stereocenters. The lowest BCUT2D eigenvalue weighted by Gasteiger charge is -2.14. The third-order valence-electron chi connectivity index (χ3n) is 4.35. The first-order valence-corrected chi connectivity index (χ1v) is 12.9. The zero-order valence-corrected chi connectivity index (χ0v) is 20.1. The maximum atomic E-state index is 12.9. The van der Waals surface area contributed by atoms with Gasteiger partial charge in [-0.1, -0.05) is 0 Å². The number of hydrogen-bond donors (Lipinski definition) is 3. The van der Waals surface area contributed by atoms with E-state index < -0.39 is 26.0 Å². The lowest BCUT2D eigenvalue weighted by Crippen LogP contribution is -2.30. The van der Waals surface area contributed by atoms with E-state index in [0.29, 0.717) is 0 Å². The van der Waals surface area contributed by atoms with Gasteiger partial charge in [0.05, 0.1) is 22.5 Å². The average Bonchev–Trinajstić information content (AvgIpc) is 2.78. The first kappa shape index (κ1) is 24.9. The molecule has 0 bridgehead atoms. The number of hydrogen-bond acceptors (Lipinski definition) is 8. The van der Waals surface area contributed by atoms with Gasteiger partial charge in [0.15, 0.2) is 0 Å². The number of methoxy groups -OCH3 is 1. The van der Waals surface area contributed by atoms with Gasteiger partial charge in [-0.2, -0.15) is 0 Å². The van der Waals surface area contributed by atoms with Crippen LogP contribution >= 0.6 is 0 Å². The van der Waals surface area contributed by atoms with Crippen LogP contribution in [-0.4, -0.2) is 45.9 Å². The fourth-order valence-corrected chi connectivity index (χ4v) is 4.86. The minimum atomic E-state index is -4.09. The highest BCUT2D eigenvalue weighted by Gasteiger charge is 2.21. The average molecular weight is 506 g/mol. The van der Waals surface area contributed by atoms with Crippen molar-refractivity contribution in [3.63, 3.8) is 0 Å². The molecule has 0 atom stereocenters. The second-order valence-electron chi connectivity index (χ2n) is 7.30. The summed E-state index contributed by atoms with van der Waals surface area (Å²) in [5, 5.41) is 2.69. The number of carbonyl (C=O) groups excluding carboxylic acids is 1. The minimum absolute atomic E-state index is 0.0646. The predicted molar refractivity (Wildman–Crippen MR) is 126 cm³/mol. The van der Waals surface area contributed by atoms with Crippen molar-refractivity contribution in [3.05, 3.63) is 66.5 Å². The number of nitrogens with zero attached hydrogens (tertiary/aromatic N) is 2. The number of rotatable bonds is 9. The van der Waals surface area contributed by atoms with Gasteiger partial charge in [-0.3, -0.25) is 9.52 Å². The van der Waals surface area contributed by atoms with Crippen LogP contribution in [0.5, 0.6) is 5.75 Å². The molecule has 1 heterocycles. The fraction of sp³-hybridized carbons (Fsp3) is 0.190. The summed E-state index contributed by atoms with van der Waals surface area (Å²) in [4.78, 5) is 19.8. The van der Waals surface area contributed by atoms with Crippen LogP contribution in [0.25, 0.3) is 0 Å². The normalized spacial score (nSPS) is 11.6. The zero-order valence-electron chi connectivity index (χ0n) is 18.5. The summed E-state index contributed by atoms with van der Waals surface area (Å²) in [6.45, 7) is 3.55. The summed E-state index contributed by atoms with van der Waals surface area (Å²) in [5.74, 6) is -0.348. The largest absolute Gasteiger partial charge is 0.496 e. The van der Waals surface area contributed by atoms with Crippen LogP contribution in [0.1, 0.15) is 24.2 Å². The first-order chi connectivity index (χ1) is 16.0. The Balaban J connectivity index is 1.82. The van der Waals surface area contributed by atoms with Crippen molar-refractivity contribution in [3.8, 4) is 5.75 Å². The van der Waals surface area contributed by atoms with Crippen LogP contribution in [0.4, 0.5) is 11.6 Å². The molecule has 11 nitrogen and oxygen atoms in total. The summed E-state index contributed by atoms with van der Waals surface area (Å²) in [5.41, 5.74) is 0.189. The van der Waals surface area contributed by atoms with Gasteiger partial charge < -0.3 is 10.1 Å². The standard InChI is InChI=1S/C21H23N5O6S2/c1-14(2)24-20(27)18-13-17(9-10-19(18)32-3)34(30,31)25-15-5-7-16(8-6-15)33(28,29)26-21-22-11-4-12-23-21/h4-14,25H,1-3H3,(H,24,27)(H,22,23,26). The molecule has 1 amide bonds. The molecule has 0 aliphatic rings. The number of aromatic nitrogens is 2. The molecule has 0 spiro atoms. The molecule has 0 aliphatic carbocycles. The van der Waals surface area contributed by atoms with Gasteiger partial charge in [-0.05, 0) is 62.4 Å². The Hall–Kier alpha value is -3.71. The molecule has 1 aromatic heterocycles. The molecule has 34 heavy (non-hydrogen) atoms. The topological polar surface area (TPSA) is 156 Å². The molecular formula is C21H23N5O6S2. The van der Waals surface area contributed by atoms with E-state index in [2.05, 4.69) is 24.7 Å². The van der Waals surface area contributed by atoms with Gasteiger partial charge >= 0.3 is 0 Å². The zero-order chi connectivity index (χ0) is 24.9. The Morgan fingerprint density at radius 3 is 2.06 bits per heavy atom. The second-order valence-corrected chi connectivity index (χ2v) is 10.7. The van der Waals surface area contributed by atoms with E-state index in [1.165, 1.54) is 62.0 Å². The molecule has 3 aromatic rings. The van der Waals surface area contributed by atoms with E-state index in [4.69, 9.17) is 4.74 Å². The van der Waals surface area contributed by atoms with Crippen LogP contribution in [0.15, 0.2) is 70.7 Å². The third kappa shape index (κ3) is 5.99. The minimum Gasteiger partial charge on any atom is -0.496 e. The maximum absolute atomic E-state index is 12.9. The molecule has 3 N–H and O–H groups in total. The first-order valence-electron chi connectivity index (χ1n) is 9.93. The summed E-state index contributed by atoms with van der Waals surface area (Å²) in [6, 6.07) is 10.3. The Bertz CT molecular complexity index is 1380. The van der Waals surface area contributed by atoms with E-state index in [-0.39, 0.29) is 38.8 Å². The van der Waals surface area contributed by atoms with Crippen molar-refractivity contribution in [2.75, 3.05) is 16.6 Å². The Kier molecular flexibility index (Phi) is 7.37. The highest BCUT2D eigenvalue weighted by Crippen LogP contribution is 2.25. The number of ether oxygens (including phenoxy) is 1. The van der Waals surface area contributed by atoms with Gasteiger partial charge in [0.1, 0.15) is 5.75 Å². The lowest BCUT2D eigenvalue weighted by molar-refractivity contribution is 0.0940. The van der Waals surface area contributed by atoms with Gasteiger partial charge in [0.25, 0.3) is 26.0 Å². The van der Waals surface area contributed by atoms with Crippen LogP contribution in [-0.2, 0) is 20.0 Å². The number of sulfonamides is 2. The molecular weight excluding hydrogens is 482 g/mol. The SMILES string of the molecule is COc1ccc(S(=O)(=O)Nc2ccc(S(=O)(=O)Nc3ncccn3)cc2)cc1C(=O)NC(C)C. The molecule has 3 rings (SSSR count). The second kappa shape index (κ2) is 10.1. The van der Waals surface area contributed by atoms with Crippen LogP contribution in [0, 0.1) is 0 Å². The molecule has 0 saturated heterocycles. The fourth-order valence-electron chi connectivity index (χ4n) is 2.82. The van der Waals surface area contributed by atoms with Gasteiger partial charge in [0, 0.05) is 24.1 Å². The third-order valence-corrected chi connectivity index (χ3v) is 7.08. The molecule has 0 saturated carbocycles. The highest BCUT2D eigenvalue weighted by atomic mass is 32.2. The van der Waals surface area contributed by atoms with Crippen molar-refractivity contribution < 1.29 is 26.4 Å². The van der Waals surface area contributed by atoms with Crippen molar-refractivity contribution in [2.45, 2.75) is 29.7 Å². The number of benzene rings is 2. The van der Waals surface area contributed by atoms with E-state index >= 15 is 0 Å². The molecule has 180 valence electrons. The molecule has 13 heteroatoms. The number of carbonyl (C=O) groups is 1. The van der Waals surface area contributed by atoms with Gasteiger partial charge in [-0.25, -0.2) is 31.5 Å². The van der Waals surface area contributed by atoms with Crippen molar-refractivity contribution in [1.82, 2.24) is 15.3 Å². The Morgan fingerprint density at radius 1 is 0.882 bits per heavy atom. The maximum Gasteiger partial charge on any atom is 0.264 e. The monoisotopic (exact) mass is 505 g/mol. The van der Waals surface area contributed by atoms with Gasteiger partial charge in [0.2, 0.25) is 5.95 Å². The highest BCUT2D eigenvalue weighted by molar-refractivity contribution is 7.93. The smallest absolute Gasteiger partial charge is 0.264 e. The van der Waals surface area contributed by atoms with E-state index in [0.717, 1.165) is 0 Å². The Labute approximate surface area is 197 Å². The van der Waals surface area contributed by atoms with Crippen LogP contribution in [0.3, 0.4) is 0 Å². The number of anilines is 2. The molecule has 2 aromatic carbocycles. The lowest BCUT2D eigenvalue weighted by atomic mass is 10.2. The van der Waals surface area contributed by atoms with Crippen LogP contribution in [0.2, 0.25) is 0 Å². The van der Waals surface area contributed by atoms with Gasteiger partial charge in [-0.15, -0.1) is 0 Å². The summed E-state index contributed by atoms with van der Waals surface area (Å²) in [7, 11) is -6.68. The summed E-state index contributed by atoms with van der Waals surface area (Å²) < 4.78 is 60.5. The van der Waals surface area contributed by atoms with E-state index in [1.54, 1.807) is 19.9 Å². The van der Waals surface area contributed by atoms with Crippen molar-refractivity contribution in [2.24, 2.45) is 0 Å². The van der Waals surface area contributed by atoms with E-state index in [9.17, 15) is 21.6 Å². The number of amides is 1. The molecule has 0 aliphatic heterocycles. The Morgan fingerprint density at radius 2 is 1.47 bits per heavy atom. The van der Waals surface area contributed by atoms with Crippen molar-refractivity contribution >= 4 is 37.6 Å². The van der Waals surface area contributed by atoms with E-state index in [1.807, 2.05) is 0 Å². The summed E-state index contributed by atoms with van der Waals surface area (Å²) in [6.07, 6.45) is 2.78. The molecule has 0 radical (unpaired) electrons. The quantitative estimate of drug-likeness (QED) is 0.400. The number of nitrogens with one attached hydrogen (secondary N) is 3.